The van der Waals surface area contributed by atoms with Gasteiger partial charge in [-0.1, -0.05) is 31.5 Å². The van der Waals surface area contributed by atoms with E-state index in [-0.39, 0.29) is 29.1 Å². The Morgan fingerprint density at radius 3 is 2.62 bits per heavy atom. The van der Waals surface area contributed by atoms with Crippen LogP contribution >= 0.6 is 12.4 Å². The fraction of sp³-hybridized carbons (Fsp3) is 0.562. The number of hydrogen-bond acceptors (Lipinski definition) is 4. The van der Waals surface area contributed by atoms with Crippen LogP contribution < -0.4 is 11.1 Å². The third kappa shape index (κ3) is 4.92. The molecule has 1 fully saturated rings. The molecular weight excluding hydrogens is 350 g/mol. The van der Waals surface area contributed by atoms with E-state index in [2.05, 4.69) is 5.32 Å². The summed E-state index contributed by atoms with van der Waals surface area (Å²) < 4.78 is 27.0. The summed E-state index contributed by atoms with van der Waals surface area (Å²) in [4.78, 5) is 12.7. The highest BCUT2D eigenvalue weighted by Crippen LogP contribution is 2.25. The molecule has 1 aliphatic heterocycles. The molecule has 6 nitrogen and oxygen atoms in total. The molecule has 136 valence electrons. The second-order valence-electron chi connectivity index (χ2n) is 6.03. The molecule has 0 aliphatic carbocycles. The van der Waals surface area contributed by atoms with Gasteiger partial charge in [0.25, 0.3) is 0 Å². The van der Waals surface area contributed by atoms with Gasteiger partial charge < -0.3 is 11.1 Å². The van der Waals surface area contributed by atoms with Gasteiger partial charge in [0, 0.05) is 13.1 Å². The van der Waals surface area contributed by atoms with E-state index in [0.717, 1.165) is 12.8 Å². The predicted molar refractivity (Wildman–Crippen MR) is 96.4 cm³/mol. The van der Waals surface area contributed by atoms with Crippen molar-refractivity contribution in [1.82, 2.24) is 9.62 Å². The first-order valence-corrected chi connectivity index (χ1v) is 9.45. The van der Waals surface area contributed by atoms with Crippen molar-refractivity contribution >= 4 is 28.3 Å². The minimum absolute atomic E-state index is 0. The standard InChI is InChI=1S/C16H25N3O3S.ClH/c1-13(11-17)12-18-16(20)15-9-5-6-10-19(15)23(21,22)14-7-3-2-4-8-14;/h2-4,7-8,13,15H,5-6,9-12,17H2,1H3,(H,18,20);1H. The molecule has 1 saturated heterocycles. The van der Waals surface area contributed by atoms with Gasteiger partial charge in [0.05, 0.1) is 4.90 Å². The predicted octanol–water partition coefficient (Wildman–Crippen LogP) is 1.36. The van der Waals surface area contributed by atoms with Crippen LogP contribution in [0.3, 0.4) is 0 Å². The number of nitrogens with one attached hydrogen (secondary N) is 1. The van der Waals surface area contributed by atoms with Crippen molar-refractivity contribution in [2.75, 3.05) is 19.6 Å². The monoisotopic (exact) mass is 375 g/mol. The normalized spacial score (nSPS) is 20.0. The number of hydrogen-bond donors (Lipinski definition) is 2. The Kier molecular flexibility index (Phi) is 8.15. The Morgan fingerprint density at radius 1 is 1.33 bits per heavy atom. The number of halogens is 1. The van der Waals surface area contributed by atoms with Crippen LogP contribution in [0.25, 0.3) is 0 Å². The summed E-state index contributed by atoms with van der Waals surface area (Å²) in [6.45, 7) is 3.27. The molecule has 24 heavy (non-hydrogen) atoms. The van der Waals surface area contributed by atoms with E-state index in [1.165, 1.54) is 4.31 Å². The van der Waals surface area contributed by atoms with Crippen LogP contribution in [0.5, 0.6) is 0 Å². The molecular formula is C16H26ClN3O3S. The lowest BCUT2D eigenvalue weighted by atomic mass is 10.0. The van der Waals surface area contributed by atoms with Crippen LogP contribution in [0.4, 0.5) is 0 Å². The molecule has 2 unspecified atom stereocenters. The smallest absolute Gasteiger partial charge is 0.243 e. The summed E-state index contributed by atoms with van der Waals surface area (Å²) in [6, 6.07) is 7.64. The minimum atomic E-state index is -3.65. The molecule has 2 rings (SSSR count). The van der Waals surface area contributed by atoms with Gasteiger partial charge in [-0.3, -0.25) is 4.79 Å². The zero-order valence-electron chi connectivity index (χ0n) is 13.8. The summed E-state index contributed by atoms with van der Waals surface area (Å²) in [5.74, 6) is -0.0637. The Hall–Kier alpha value is -1.15. The SMILES string of the molecule is CC(CN)CNC(=O)C1CCCCN1S(=O)(=O)c1ccccc1.Cl. The van der Waals surface area contributed by atoms with Crippen molar-refractivity contribution in [3.05, 3.63) is 30.3 Å². The number of rotatable bonds is 6. The van der Waals surface area contributed by atoms with Gasteiger partial charge in [-0.2, -0.15) is 4.31 Å². The molecule has 2 atom stereocenters. The maximum absolute atomic E-state index is 12.8. The molecule has 1 aliphatic rings. The van der Waals surface area contributed by atoms with Crippen LogP contribution in [0.1, 0.15) is 26.2 Å². The fourth-order valence-electron chi connectivity index (χ4n) is 2.66. The summed E-state index contributed by atoms with van der Waals surface area (Å²) in [6.07, 6.45) is 2.18. The molecule has 0 saturated carbocycles. The molecule has 0 spiro atoms. The van der Waals surface area contributed by atoms with Crippen LogP contribution in [0, 0.1) is 5.92 Å². The number of benzene rings is 1. The quantitative estimate of drug-likeness (QED) is 0.785. The molecule has 1 aromatic carbocycles. The number of nitrogens with zero attached hydrogens (tertiary/aromatic N) is 1. The highest BCUT2D eigenvalue weighted by Gasteiger charge is 2.37. The maximum atomic E-state index is 12.8. The van der Waals surface area contributed by atoms with Gasteiger partial charge in [0.15, 0.2) is 0 Å². The van der Waals surface area contributed by atoms with E-state index < -0.39 is 16.1 Å². The Morgan fingerprint density at radius 2 is 2.00 bits per heavy atom. The first-order chi connectivity index (χ1) is 11.0. The molecule has 3 N–H and O–H groups in total. The molecule has 1 aromatic rings. The third-order valence-electron chi connectivity index (χ3n) is 4.13. The van der Waals surface area contributed by atoms with Gasteiger partial charge in [0.1, 0.15) is 6.04 Å². The average molecular weight is 376 g/mol. The fourth-order valence-corrected chi connectivity index (χ4v) is 4.34. The van der Waals surface area contributed by atoms with Crippen molar-refractivity contribution in [3.8, 4) is 0 Å². The molecule has 1 amide bonds. The van der Waals surface area contributed by atoms with Gasteiger partial charge in [0.2, 0.25) is 15.9 Å². The van der Waals surface area contributed by atoms with Gasteiger partial charge >= 0.3 is 0 Å². The third-order valence-corrected chi connectivity index (χ3v) is 6.06. The van der Waals surface area contributed by atoms with Crippen LogP contribution in [0.15, 0.2) is 35.2 Å². The molecule has 1 heterocycles. The van der Waals surface area contributed by atoms with Crippen molar-refractivity contribution < 1.29 is 13.2 Å². The summed E-state index contributed by atoms with van der Waals surface area (Å²) in [5, 5.41) is 2.83. The largest absolute Gasteiger partial charge is 0.354 e. The number of nitrogens with two attached hydrogens (primary N) is 1. The molecule has 0 bridgehead atoms. The number of amides is 1. The summed E-state index contributed by atoms with van der Waals surface area (Å²) in [5.41, 5.74) is 5.55. The van der Waals surface area contributed by atoms with E-state index in [1.54, 1.807) is 30.3 Å². The maximum Gasteiger partial charge on any atom is 0.243 e. The highest BCUT2D eigenvalue weighted by molar-refractivity contribution is 7.89. The molecule has 8 heteroatoms. The number of sulfonamides is 1. The topological polar surface area (TPSA) is 92.5 Å². The zero-order chi connectivity index (χ0) is 16.9. The number of piperidine rings is 1. The van der Waals surface area contributed by atoms with E-state index in [9.17, 15) is 13.2 Å². The average Bonchev–Trinajstić information content (AvgIpc) is 2.60. The Labute approximate surface area is 150 Å². The first-order valence-electron chi connectivity index (χ1n) is 8.01. The minimum Gasteiger partial charge on any atom is -0.354 e. The Bertz CT molecular complexity index is 625. The van der Waals surface area contributed by atoms with Gasteiger partial charge in [-0.15, -0.1) is 12.4 Å². The first kappa shape index (κ1) is 20.9. The van der Waals surface area contributed by atoms with Crippen LogP contribution in [-0.4, -0.2) is 44.3 Å². The van der Waals surface area contributed by atoms with E-state index in [0.29, 0.717) is 26.1 Å². The second-order valence-corrected chi connectivity index (χ2v) is 7.92. The van der Waals surface area contributed by atoms with E-state index in [4.69, 9.17) is 5.73 Å². The van der Waals surface area contributed by atoms with E-state index in [1.807, 2.05) is 6.92 Å². The van der Waals surface area contributed by atoms with Gasteiger partial charge in [-0.25, -0.2) is 8.42 Å². The van der Waals surface area contributed by atoms with Crippen molar-refractivity contribution in [2.45, 2.75) is 37.1 Å². The lowest BCUT2D eigenvalue weighted by molar-refractivity contribution is -0.125. The molecule has 0 aromatic heterocycles. The van der Waals surface area contributed by atoms with Gasteiger partial charge in [-0.05, 0) is 37.4 Å². The van der Waals surface area contributed by atoms with Crippen molar-refractivity contribution in [2.24, 2.45) is 11.7 Å². The molecule has 0 radical (unpaired) electrons. The lowest BCUT2D eigenvalue weighted by Crippen LogP contribution is -2.52. The Balaban J connectivity index is 0.00000288. The zero-order valence-corrected chi connectivity index (χ0v) is 15.5. The van der Waals surface area contributed by atoms with Crippen LogP contribution in [-0.2, 0) is 14.8 Å². The van der Waals surface area contributed by atoms with E-state index >= 15 is 0 Å². The lowest BCUT2D eigenvalue weighted by Gasteiger charge is -2.33. The highest BCUT2D eigenvalue weighted by atomic mass is 35.5. The van der Waals surface area contributed by atoms with Crippen molar-refractivity contribution in [1.29, 1.82) is 0 Å². The number of carbonyl (C=O) groups excluding carboxylic acids is 1. The second kappa shape index (κ2) is 9.36. The summed E-state index contributed by atoms with van der Waals surface area (Å²) >= 11 is 0. The number of carbonyl (C=O) groups is 1. The van der Waals surface area contributed by atoms with Crippen molar-refractivity contribution in [3.63, 3.8) is 0 Å². The summed E-state index contributed by atoms with van der Waals surface area (Å²) in [7, 11) is -3.65. The van der Waals surface area contributed by atoms with Crippen LogP contribution in [0.2, 0.25) is 0 Å².